The first-order chi connectivity index (χ1) is 10.3. The lowest BCUT2D eigenvalue weighted by molar-refractivity contribution is 0.0165. The van der Waals surface area contributed by atoms with Crippen molar-refractivity contribution in [3.8, 4) is 5.75 Å². The lowest BCUT2D eigenvalue weighted by atomic mass is 10.1. The molecule has 0 saturated carbocycles. The summed E-state index contributed by atoms with van der Waals surface area (Å²) in [5, 5.41) is 3.51. The molecule has 0 spiro atoms. The monoisotopic (exact) mass is 293 g/mol. The highest BCUT2D eigenvalue weighted by Gasteiger charge is 2.14. The van der Waals surface area contributed by atoms with Crippen molar-refractivity contribution >= 4 is 0 Å². The number of hydrogen-bond donors (Lipinski definition) is 1. The second-order valence-corrected chi connectivity index (χ2v) is 5.52. The van der Waals surface area contributed by atoms with Gasteiger partial charge in [0, 0.05) is 19.3 Å². The maximum absolute atomic E-state index is 5.66. The van der Waals surface area contributed by atoms with Crippen LogP contribution in [0, 0.1) is 0 Å². The summed E-state index contributed by atoms with van der Waals surface area (Å²) in [4.78, 5) is 0. The van der Waals surface area contributed by atoms with Crippen molar-refractivity contribution in [1.82, 2.24) is 5.32 Å². The van der Waals surface area contributed by atoms with E-state index < -0.39 is 0 Å². The van der Waals surface area contributed by atoms with Crippen LogP contribution in [0.3, 0.4) is 0 Å². The molecule has 4 heteroatoms. The standard InChI is InChI=1S/C17H27NO3/c1-14(15-6-3-7-16(12-15)19-2)18-9-5-10-20-13-17-8-4-11-21-17/h3,6-7,12,14,17-18H,4-5,8-11,13H2,1-2H3. The van der Waals surface area contributed by atoms with Gasteiger partial charge in [-0.3, -0.25) is 0 Å². The average Bonchev–Trinajstić information content (AvgIpc) is 3.04. The molecule has 1 saturated heterocycles. The third-order valence-electron chi connectivity index (χ3n) is 3.84. The molecule has 4 nitrogen and oxygen atoms in total. The van der Waals surface area contributed by atoms with Crippen LogP contribution in [0.4, 0.5) is 0 Å². The second-order valence-electron chi connectivity index (χ2n) is 5.52. The molecule has 1 aromatic carbocycles. The lowest BCUT2D eigenvalue weighted by Crippen LogP contribution is -2.22. The highest BCUT2D eigenvalue weighted by molar-refractivity contribution is 5.30. The molecule has 118 valence electrons. The molecule has 0 amide bonds. The first kappa shape index (κ1) is 16.3. The summed E-state index contributed by atoms with van der Waals surface area (Å²) in [5.74, 6) is 0.904. The van der Waals surface area contributed by atoms with Gasteiger partial charge >= 0.3 is 0 Å². The Hall–Kier alpha value is -1.10. The number of benzene rings is 1. The van der Waals surface area contributed by atoms with Crippen LogP contribution in [0.2, 0.25) is 0 Å². The van der Waals surface area contributed by atoms with Crippen molar-refractivity contribution in [2.45, 2.75) is 38.3 Å². The van der Waals surface area contributed by atoms with Crippen molar-refractivity contribution in [1.29, 1.82) is 0 Å². The van der Waals surface area contributed by atoms with Gasteiger partial charge in [-0.05, 0) is 50.4 Å². The van der Waals surface area contributed by atoms with Gasteiger partial charge in [-0.2, -0.15) is 0 Å². The van der Waals surface area contributed by atoms with E-state index >= 15 is 0 Å². The van der Waals surface area contributed by atoms with Crippen LogP contribution in [0.5, 0.6) is 5.75 Å². The summed E-state index contributed by atoms with van der Waals surface area (Å²) < 4.78 is 16.4. The minimum atomic E-state index is 0.318. The fraction of sp³-hybridized carbons (Fsp3) is 0.647. The van der Waals surface area contributed by atoms with Gasteiger partial charge in [0.2, 0.25) is 0 Å². The molecular formula is C17H27NO3. The number of hydrogen-bond acceptors (Lipinski definition) is 4. The molecule has 1 aliphatic heterocycles. The summed E-state index contributed by atoms with van der Waals surface area (Å²) in [5.41, 5.74) is 1.25. The van der Waals surface area contributed by atoms with E-state index in [4.69, 9.17) is 14.2 Å². The lowest BCUT2D eigenvalue weighted by Gasteiger charge is -2.15. The van der Waals surface area contributed by atoms with Gasteiger partial charge in [-0.1, -0.05) is 12.1 Å². The zero-order valence-corrected chi connectivity index (χ0v) is 13.1. The van der Waals surface area contributed by atoms with Gasteiger partial charge in [0.15, 0.2) is 0 Å². The van der Waals surface area contributed by atoms with E-state index in [2.05, 4.69) is 24.4 Å². The smallest absolute Gasteiger partial charge is 0.119 e. The first-order valence-electron chi connectivity index (χ1n) is 7.86. The zero-order chi connectivity index (χ0) is 14.9. The van der Waals surface area contributed by atoms with Crippen molar-refractivity contribution in [3.05, 3.63) is 29.8 Å². The molecule has 1 heterocycles. The third kappa shape index (κ3) is 5.65. The van der Waals surface area contributed by atoms with Gasteiger partial charge < -0.3 is 19.5 Å². The number of rotatable bonds is 9. The predicted molar refractivity (Wildman–Crippen MR) is 83.8 cm³/mol. The fourth-order valence-electron chi connectivity index (χ4n) is 2.51. The van der Waals surface area contributed by atoms with E-state index in [1.807, 2.05) is 12.1 Å². The molecule has 1 aliphatic rings. The van der Waals surface area contributed by atoms with E-state index in [0.717, 1.165) is 45.0 Å². The SMILES string of the molecule is COc1cccc(C(C)NCCCOCC2CCCO2)c1. The summed E-state index contributed by atoms with van der Waals surface area (Å²) >= 11 is 0. The Morgan fingerprint density at radius 2 is 2.33 bits per heavy atom. The van der Waals surface area contributed by atoms with Crippen LogP contribution >= 0.6 is 0 Å². The zero-order valence-electron chi connectivity index (χ0n) is 13.1. The van der Waals surface area contributed by atoms with Crippen molar-refractivity contribution < 1.29 is 14.2 Å². The highest BCUT2D eigenvalue weighted by Crippen LogP contribution is 2.18. The minimum absolute atomic E-state index is 0.318. The minimum Gasteiger partial charge on any atom is -0.497 e. The Bertz CT molecular complexity index is 405. The molecule has 0 bridgehead atoms. The van der Waals surface area contributed by atoms with E-state index in [-0.39, 0.29) is 0 Å². The number of ether oxygens (including phenoxy) is 3. The molecular weight excluding hydrogens is 266 g/mol. The van der Waals surface area contributed by atoms with E-state index in [9.17, 15) is 0 Å². The Morgan fingerprint density at radius 3 is 3.10 bits per heavy atom. The van der Waals surface area contributed by atoms with E-state index in [0.29, 0.717) is 12.1 Å². The maximum Gasteiger partial charge on any atom is 0.119 e. The van der Waals surface area contributed by atoms with Crippen molar-refractivity contribution in [3.63, 3.8) is 0 Å². The molecule has 2 unspecified atom stereocenters. The summed E-state index contributed by atoms with van der Waals surface area (Å²) in [6, 6.07) is 8.50. The highest BCUT2D eigenvalue weighted by atomic mass is 16.5. The van der Waals surface area contributed by atoms with Gasteiger partial charge in [0.05, 0.1) is 19.8 Å². The largest absolute Gasteiger partial charge is 0.497 e. The Morgan fingerprint density at radius 1 is 1.43 bits per heavy atom. The molecule has 2 atom stereocenters. The molecule has 1 aromatic rings. The molecule has 0 aliphatic carbocycles. The Labute approximate surface area is 127 Å². The fourth-order valence-corrected chi connectivity index (χ4v) is 2.51. The summed E-state index contributed by atoms with van der Waals surface area (Å²) in [6.07, 6.45) is 3.66. The van der Waals surface area contributed by atoms with Gasteiger partial charge in [0.25, 0.3) is 0 Å². The normalized spacial score (nSPS) is 19.6. The number of nitrogens with one attached hydrogen (secondary N) is 1. The van der Waals surface area contributed by atoms with Crippen LogP contribution in [0.1, 0.15) is 37.8 Å². The average molecular weight is 293 g/mol. The van der Waals surface area contributed by atoms with Crippen LogP contribution in [0.15, 0.2) is 24.3 Å². The van der Waals surface area contributed by atoms with Crippen LogP contribution < -0.4 is 10.1 Å². The summed E-state index contributed by atoms with van der Waals surface area (Å²) in [7, 11) is 1.70. The van der Waals surface area contributed by atoms with Crippen LogP contribution in [-0.2, 0) is 9.47 Å². The Kier molecular flexibility index (Phi) is 7.00. The van der Waals surface area contributed by atoms with Gasteiger partial charge in [0.1, 0.15) is 5.75 Å². The van der Waals surface area contributed by atoms with Crippen LogP contribution in [-0.4, -0.2) is 39.6 Å². The van der Waals surface area contributed by atoms with E-state index in [1.54, 1.807) is 7.11 Å². The first-order valence-corrected chi connectivity index (χ1v) is 7.86. The quantitative estimate of drug-likeness (QED) is 0.711. The van der Waals surface area contributed by atoms with Gasteiger partial charge in [-0.15, -0.1) is 0 Å². The molecule has 0 aromatic heterocycles. The van der Waals surface area contributed by atoms with Crippen molar-refractivity contribution in [2.75, 3.05) is 33.5 Å². The van der Waals surface area contributed by atoms with E-state index in [1.165, 1.54) is 12.0 Å². The molecule has 2 rings (SSSR count). The topological polar surface area (TPSA) is 39.7 Å². The van der Waals surface area contributed by atoms with Crippen LogP contribution in [0.25, 0.3) is 0 Å². The van der Waals surface area contributed by atoms with Gasteiger partial charge in [-0.25, -0.2) is 0 Å². The number of methoxy groups -OCH3 is 1. The molecule has 1 N–H and O–H groups in total. The summed E-state index contributed by atoms with van der Waals surface area (Å²) in [6.45, 7) is 5.54. The molecule has 21 heavy (non-hydrogen) atoms. The third-order valence-corrected chi connectivity index (χ3v) is 3.84. The van der Waals surface area contributed by atoms with Crippen molar-refractivity contribution in [2.24, 2.45) is 0 Å². The molecule has 0 radical (unpaired) electrons. The maximum atomic E-state index is 5.66. The second kappa shape index (κ2) is 9.03. The molecule has 1 fully saturated rings. The Balaban J connectivity index is 1.57. The predicted octanol–water partition coefficient (Wildman–Crippen LogP) is 2.93.